The molecule has 202 valence electrons. The van der Waals surface area contributed by atoms with Crippen LogP contribution in [0.3, 0.4) is 0 Å². The number of Topliss-reactive ketones (excluding diaryl/α,β-unsaturated/α-hetero) is 1. The lowest BCUT2D eigenvalue weighted by Crippen LogP contribution is -2.36. The van der Waals surface area contributed by atoms with E-state index in [1.54, 1.807) is 6.20 Å². The van der Waals surface area contributed by atoms with Gasteiger partial charge in [0, 0.05) is 23.5 Å². The van der Waals surface area contributed by atoms with E-state index in [4.69, 9.17) is 4.98 Å². The number of benzene rings is 4. The molecule has 7 rings (SSSR count). The summed E-state index contributed by atoms with van der Waals surface area (Å²) in [6, 6.07) is 39.8. The molecule has 4 aromatic carbocycles. The van der Waals surface area contributed by atoms with E-state index >= 15 is 0 Å². The first kappa shape index (κ1) is 25.5. The zero-order valence-corrected chi connectivity index (χ0v) is 23.0. The lowest BCUT2D eigenvalue weighted by atomic mass is 9.77. The minimum Gasteiger partial charge on any atom is -0.318 e. The second-order valence-corrected chi connectivity index (χ2v) is 10.4. The van der Waals surface area contributed by atoms with E-state index in [9.17, 15) is 4.79 Å². The largest absolute Gasteiger partial charge is 0.318 e. The van der Waals surface area contributed by atoms with Crippen molar-refractivity contribution in [3.05, 3.63) is 179 Å². The van der Waals surface area contributed by atoms with Gasteiger partial charge in [0.15, 0.2) is 5.78 Å². The van der Waals surface area contributed by atoms with Crippen LogP contribution in [0.15, 0.2) is 146 Å². The van der Waals surface area contributed by atoms with Crippen LogP contribution in [-0.2, 0) is 12.0 Å². The van der Waals surface area contributed by atoms with E-state index in [2.05, 4.69) is 99.6 Å². The summed E-state index contributed by atoms with van der Waals surface area (Å²) in [5, 5.41) is 0. The number of carbonyl (C=O) groups is 1. The van der Waals surface area contributed by atoms with Gasteiger partial charge in [-0.15, -0.1) is 0 Å². The smallest absolute Gasteiger partial charge is 0.192 e. The molecule has 0 fully saturated rings. The fourth-order valence-electron chi connectivity index (χ4n) is 6.10. The summed E-state index contributed by atoms with van der Waals surface area (Å²) >= 11 is 0. The molecule has 0 atom stereocenters. The number of fused-ring (bicyclic) bond motifs is 1. The number of allylic oxidation sites excluding steroid dienone is 1. The number of hydrogen-bond donors (Lipinski definition) is 0. The third-order valence-corrected chi connectivity index (χ3v) is 8.07. The Kier molecular flexibility index (Phi) is 6.61. The van der Waals surface area contributed by atoms with Crippen LogP contribution in [-0.4, -0.2) is 25.3 Å². The van der Waals surface area contributed by atoms with Gasteiger partial charge in [-0.25, -0.2) is 15.0 Å². The highest BCUT2D eigenvalue weighted by Gasteiger charge is 2.38. The van der Waals surface area contributed by atoms with Gasteiger partial charge in [-0.1, -0.05) is 115 Å². The third-order valence-electron chi connectivity index (χ3n) is 8.07. The Morgan fingerprint density at radius 1 is 0.667 bits per heavy atom. The highest BCUT2D eigenvalue weighted by atomic mass is 16.1. The lowest BCUT2D eigenvalue weighted by Gasteiger charge is -2.37. The maximum absolute atomic E-state index is 13.3. The number of carbonyl (C=O) groups excluding carboxylic acids is 1. The minimum atomic E-state index is -0.647. The minimum absolute atomic E-state index is 0.00608. The summed E-state index contributed by atoms with van der Waals surface area (Å²) < 4.78 is 2.21. The highest BCUT2D eigenvalue weighted by Crippen LogP contribution is 2.41. The first-order chi connectivity index (χ1) is 20.7. The summed E-state index contributed by atoms with van der Waals surface area (Å²) in [6.45, 7) is 0. The molecule has 0 saturated heterocycles. The van der Waals surface area contributed by atoms with Crippen molar-refractivity contribution < 1.29 is 4.79 Å². The normalized spacial score (nSPS) is 14.1. The monoisotopic (exact) mass is 544 g/mol. The molecule has 0 bridgehead atoms. The number of aryl methyl sites for hydroxylation is 1. The summed E-state index contributed by atoms with van der Waals surface area (Å²) in [4.78, 5) is 26.7. The molecule has 5 heteroatoms. The molecule has 0 radical (unpaired) electrons. The van der Waals surface area contributed by atoms with Crippen LogP contribution in [0, 0.1) is 0 Å². The predicted octanol–water partition coefficient (Wildman–Crippen LogP) is 7.39. The topological polar surface area (TPSA) is 60.7 Å². The van der Waals surface area contributed by atoms with Crippen molar-refractivity contribution in [2.24, 2.45) is 0 Å². The van der Waals surface area contributed by atoms with E-state index in [0.717, 1.165) is 51.2 Å². The molecule has 0 N–H and O–H groups in total. The van der Waals surface area contributed by atoms with Crippen molar-refractivity contribution in [2.45, 2.75) is 18.4 Å². The first-order valence-corrected chi connectivity index (χ1v) is 14.1. The average molecular weight is 545 g/mol. The molecule has 2 heterocycles. The van der Waals surface area contributed by atoms with Gasteiger partial charge in [-0.3, -0.25) is 4.79 Å². The SMILES string of the molecule is O=C1C(=Cc2ccccc2-c2cn(C(c3ccccc3)(c3ccccc3)c3ccccc3)cn2)CCc2ncncc21. The number of imidazole rings is 1. The van der Waals surface area contributed by atoms with E-state index in [0.29, 0.717) is 12.0 Å². The third kappa shape index (κ3) is 4.36. The Balaban J connectivity index is 1.38. The Labute approximate surface area is 244 Å². The standard InChI is InChI=1S/C37H28N4O/c42-36-28(20-21-34-33(36)23-38-25-39-34)22-27-12-10-11-19-32(27)35-24-41(26-40-35)37(29-13-4-1-5-14-29,30-15-6-2-7-16-30)31-17-8-3-9-18-31/h1-19,22-26H,20-21H2. The first-order valence-electron chi connectivity index (χ1n) is 14.1. The number of rotatable bonds is 6. The van der Waals surface area contributed by atoms with Crippen LogP contribution in [0.5, 0.6) is 0 Å². The second-order valence-electron chi connectivity index (χ2n) is 10.4. The molecule has 1 aliphatic rings. The summed E-state index contributed by atoms with van der Waals surface area (Å²) in [7, 11) is 0. The van der Waals surface area contributed by atoms with Gasteiger partial charge in [-0.2, -0.15) is 0 Å². The average Bonchev–Trinajstić information content (AvgIpc) is 3.55. The number of hydrogen-bond acceptors (Lipinski definition) is 4. The van der Waals surface area contributed by atoms with E-state index in [1.165, 1.54) is 6.33 Å². The molecule has 0 saturated carbocycles. The van der Waals surface area contributed by atoms with Crippen molar-refractivity contribution in [3.63, 3.8) is 0 Å². The van der Waals surface area contributed by atoms with E-state index in [1.807, 2.05) is 48.8 Å². The fourth-order valence-corrected chi connectivity index (χ4v) is 6.10. The van der Waals surface area contributed by atoms with Crippen molar-refractivity contribution in [3.8, 4) is 11.3 Å². The van der Waals surface area contributed by atoms with Crippen LogP contribution in [0.2, 0.25) is 0 Å². The lowest BCUT2D eigenvalue weighted by molar-refractivity contribution is 0.102. The highest BCUT2D eigenvalue weighted by molar-refractivity contribution is 6.13. The Hall–Kier alpha value is -5.42. The quantitative estimate of drug-likeness (QED) is 0.162. The van der Waals surface area contributed by atoms with Crippen molar-refractivity contribution in [1.82, 2.24) is 19.5 Å². The molecule has 2 aromatic heterocycles. The van der Waals surface area contributed by atoms with Crippen LogP contribution in [0.25, 0.3) is 17.3 Å². The van der Waals surface area contributed by atoms with Gasteiger partial charge < -0.3 is 4.57 Å². The van der Waals surface area contributed by atoms with Crippen LogP contribution < -0.4 is 0 Å². The van der Waals surface area contributed by atoms with E-state index in [-0.39, 0.29) is 5.78 Å². The Bertz CT molecular complexity index is 1800. The fraction of sp³-hybridized carbons (Fsp3) is 0.0811. The van der Waals surface area contributed by atoms with Gasteiger partial charge in [0.05, 0.1) is 23.3 Å². The zero-order valence-electron chi connectivity index (χ0n) is 23.0. The molecule has 5 nitrogen and oxygen atoms in total. The van der Waals surface area contributed by atoms with Crippen molar-refractivity contribution >= 4 is 11.9 Å². The maximum Gasteiger partial charge on any atom is 0.192 e. The van der Waals surface area contributed by atoms with Crippen molar-refractivity contribution in [1.29, 1.82) is 0 Å². The van der Waals surface area contributed by atoms with Gasteiger partial charge in [0.25, 0.3) is 0 Å². The predicted molar refractivity (Wildman–Crippen MR) is 165 cm³/mol. The van der Waals surface area contributed by atoms with Crippen molar-refractivity contribution in [2.75, 3.05) is 0 Å². The van der Waals surface area contributed by atoms with Crippen LogP contribution in [0.4, 0.5) is 0 Å². The molecule has 1 aliphatic carbocycles. The number of nitrogens with zero attached hydrogens (tertiary/aromatic N) is 4. The number of ketones is 1. The van der Waals surface area contributed by atoms with Gasteiger partial charge in [-0.05, 0) is 41.2 Å². The van der Waals surface area contributed by atoms with Gasteiger partial charge in [0.2, 0.25) is 0 Å². The van der Waals surface area contributed by atoms with Crippen LogP contribution >= 0.6 is 0 Å². The van der Waals surface area contributed by atoms with Crippen LogP contribution in [0.1, 0.15) is 44.7 Å². The molecule has 42 heavy (non-hydrogen) atoms. The molecular formula is C37H28N4O. The molecular weight excluding hydrogens is 516 g/mol. The molecule has 0 amide bonds. The summed E-state index contributed by atoms with van der Waals surface area (Å²) in [6.07, 6.45) is 10.5. The molecule has 6 aromatic rings. The molecule has 0 spiro atoms. The van der Waals surface area contributed by atoms with Gasteiger partial charge in [0.1, 0.15) is 11.9 Å². The van der Waals surface area contributed by atoms with Gasteiger partial charge >= 0.3 is 0 Å². The Morgan fingerprint density at radius 3 is 1.90 bits per heavy atom. The van der Waals surface area contributed by atoms with E-state index < -0.39 is 5.54 Å². The summed E-state index contributed by atoms with van der Waals surface area (Å²) in [5.74, 6) is -0.00608. The maximum atomic E-state index is 13.3. The summed E-state index contributed by atoms with van der Waals surface area (Å²) in [5.41, 5.74) is 7.68. The zero-order chi connectivity index (χ0) is 28.4. The Morgan fingerprint density at radius 2 is 1.26 bits per heavy atom. The number of aromatic nitrogens is 4. The second kappa shape index (κ2) is 10.9. The molecule has 0 unspecified atom stereocenters. The molecule has 0 aliphatic heterocycles.